The number of amides is 4. The van der Waals surface area contributed by atoms with Crippen LogP contribution >= 0.6 is 0 Å². The average Bonchev–Trinajstić information content (AvgIpc) is 3.69. The third-order valence-electron chi connectivity index (χ3n) is 14.4. The summed E-state index contributed by atoms with van der Waals surface area (Å²) in [4.78, 5) is 73.4. The third kappa shape index (κ3) is 9.20. The Morgan fingerprint density at radius 2 is 1.54 bits per heavy atom. The predicted molar refractivity (Wildman–Crippen MR) is 261 cm³/mol. The monoisotopic (exact) mass is 900 g/mol. The normalized spacial score (nSPS) is 19.1. The van der Waals surface area contributed by atoms with E-state index in [1.807, 2.05) is 71.9 Å². The van der Waals surface area contributed by atoms with Crippen LogP contribution in [0.2, 0.25) is 0 Å². The Bertz CT molecular complexity index is 3030. The lowest BCUT2D eigenvalue weighted by atomic mass is 9.87. The summed E-state index contributed by atoms with van der Waals surface area (Å²) in [5, 5.41) is 3.42. The molecule has 0 aliphatic carbocycles. The van der Waals surface area contributed by atoms with Gasteiger partial charge in [0, 0.05) is 85.1 Å². The van der Waals surface area contributed by atoms with Crippen molar-refractivity contribution in [2.45, 2.75) is 57.2 Å². The predicted octanol–water partition coefficient (Wildman–Crippen LogP) is 6.98. The van der Waals surface area contributed by atoms with Crippen molar-refractivity contribution in [1.29, 1.82) is 0 Å². The first-order chi connectivity index (χ1) is 33.3. The van der Waals surface area contributed by atoms with Gasteiger partial charge in [-0.05, 0) is 115 Å². The first-order valence-electron chi connectivity index (χ1n) is 23.8. The van der Waals surface area contributed by atoms with E-state index in [0.717, 1.165) is 95.7 Å². The van der Waals surface area contributed by atoms with Crippen LogP contribution < -0.4 is 5.32 Å². The fourth-order valence-electron chi connectivity index (χ4n) is 10.3. The van der Waals surface area contributed by atoms with E-state index in [0.29, 0.717) is 54.8 Å². The van der Waals surface area contributed by atoms with Gasteiger partial charge in [-0.1, -0.05) is 78.6 Å². The molecule has 7 heterocycles. The molecule has 3 fully saturated rings. The van der Waals surface area contributed by atoms with Gasteiger partial charge in [-0.15, -0.1) is 0 Å². The fourth-order valence-corrected chi connectivity index (χ4v) is 10.3. The molecule has 340 valence electrons. The first-order valence-corrected chi connectivity index (χ1v) is 23.8. The molecule has 0 spiro atoms. The maximum absolute atomic E-state index is 13.6. The number of likely N-dealkylation sites (tertiary alicyclic amines) is 2. The molecule has 12 nitrogen and oxygen atoms in total. The molecular formula is C56H52N8O4. The highest BCUT2D eigenvalue weighted by atomic mass is 16.2. The maximum Gasteiger partial charge on any atom is 0.255 e. The number of carbonyl (C=O) groups is 4. The van der Waals surface area contributed by atoms with Crippen LogP contribution in [0.5, 0.6) is 0 Å². The Hall–Kier alpha value is -7.33. The van der Waals surface area contributed by atoms with Crippen LogP contribution in [0.3, 0.4) is 0 Å². The van der Waals surface area contributed by atoms with Gasteiger partial charge in [0.1, 0.15) is 6.04 Å². The second kappa shape index (κ2) is 18.7. The molecule has 6 aromatic rings. The van der Waals surface area contributed by atoms with Crippen LogP contribution in [0, 0.1) is 17.8 Å². The van der Waals surface area contributed by atoms with Crippen molar-refractivity contribution in [3.63, 3.8) is 0 Å². The molecule has 3 saturated heterocycles. The van der Waals surface area contributed by atoms with Crippen molar-refractivity contribution >= 4 is 46.7 Å². The summed E-state index contributed by atoms with van der Waals surface area (Å²) in [7, 11) is 0. The van der Waals surface area contributed by atoms with Crippen molar-refractivity contribution < 1.29 is 19.2 Å². The van der Waals surface area contributed by atoms with Gasteiger partial charge in [0.15, 0.2) is 5.82 Å². The number of nitrogens with zero attached hydrogens (tertiary/aromatic N) is 7. The maximum atomic E-state index is 13.6. The third-order valence-corrected chi connectivity index (χ3v) is 14.4. The molecule has 4 amide bonds. The molecule has 5 aliphatic rings. The molecule has 5 aliphatic heterocycles. The van der Waals surface area contributed by atoms with Gasteiger partial charge >= 0.3 is 0 Å². The number of imide groups is 1. The van der Waals surface area contributed by atoms with Crippen molar-refractivity contribution in [1.82, 2.24) is 39.9 Å². The molecule has 0 bridgehead atoms. The smallest absolute Gasteiger partial charge is 0.255 e. The second-order valence-electron chi connectivity index (χ2n) is 18.9. The zero-order chi connectivity index (χ0) is 46.1. The van der Waals surface area contributed by atoms with Gasteiger partial charge in [0.25, 0.3) is 11.8 Å². The standard InChI is InChI=1S/C56H52N8O4/c65-52-20-19-51(54(66)60-52)64-35-46-28-42(17-18-48(46)56(64)68)47-33-62(34-47)32-40-21-25-61(26-22-40)24-3-4-37-7-9-38(10-8-37)11-12-39-13-15-41(16-14-39)55(67)63-27-23-44-30-58-53(59-50(44)36-63)45-29-43-5-1-2-6-49(43)57-31-45/h1-2,5-18,28-31,40,47,51H,19-27,32-36H2,(H,60,65,66)/b12-11+. The van der Waals surface area contributed by atoms with E-state index >= 15 is 0 Å². The van der Waals surface area contributed by atoms with Gasteiger partial charge in [0.2, 0.25) is 11.8 Å². The first kappa shape index (κ1) is 43.3. The molecule has 0 saturated carbocycles. The molecule has 2 aromatic heterocycles. The highest BCUT2D eigenvalue weighted by Crippen LogP contribution is 2.34. The van der Waals surface area contributed by atoms with E-state index in [1.54, 1.807) is 4.90 Å². The van der Waals surface area contributed by atoms with Crippen LogP contribution in [0.1, 0.15) is 91.4 Å². The Labute approximate surface area is 396 Å². The minimum Gasteiger partial charge on any atom is -0.332 e. The van der Waals surface area contributed by atoms with Crippen molar-refractivity contribution in [2.24, 2.45) is 5.92 Å². The zero-order valence-corrected chi connectivity index (χ0v) is 37.9. The lowest BCUT2D eigenvalue weighted by Crippen LogP contribution is -2.52. The topological polar surface area (TPSA) is 132 Å². The number of fused-ring (bicyclic) bond motifs is 3. The molecule has 1 atom stereocenters. The summed E-state index contributed by atoms with van der Waals surface area (Å²) >= 11 is 0. The van der Waals surface area contributed by atoms with Gasteiger partial charge < -0.3 is 14.7 Å². The van der Waals surface area contributed by atoms with Crippen LogP contribution in [-0.2, 0) is 29.1 Å². The van der Waals surface area contributed by atoms with Crippen molar-refractivity contribution in [3.05, 3.63) is 160 Å². The molecule has 12 heteroatoms. The van der Waals surface area contributed by atoms with E-state index in [4.69, 9.17) is 4.98 Å². The van der Waals surface area contributed by atoms with Gasteiger partial charge in [-0.2, -0.15) is 0 Å². The van der Waals surface area contributed by atoms with Crippen molar-refractivity contribution in [2.75, 3.05) is 45.8 Å². The number of piperidine rings is 2. The number of hydrogen-bond acceptors (Lipinski definition) is 9. The summed E-state index contributed by atoms with van der Waals surface area (Å²) in [5.41, 5.74) is 10.4. The van der Waals surface area contributed by atoms with Crippen molar-refractivity contribution in [3.8, 4) is 23.2 Å². The molecule has 1 N–H and O–H groups in total. The highest BCUT2D eigenvalue weighted by molar-refractivity contribution is 6.05. The van der Waals surface area contributed by atoms with E-state index in [2.05, 4.69) is 91.5 Å². The van der Waals surface area contributed by atoms with Crippen LogP contribution in [0.15, 0.2) is 109 Å². The summed E-state index contributed by atoms with van der Waals surface area (Å²) in [6, 6.07) is 31.7. The molecule has 0 radical (unpaired) electrons. The Morgan fingerprint density at radius 3 is 2.34 bits per heavy atom. The largest absolute Gasteiger partial charge is 0.332 e. The number of benzene rings is 4. The Morgan fingerprint density at radius 1 is 0.765 bits per heavy atom. The second-order valence-corrected chi connectivity index (χ2v) is 18.9. The molecule has 4 aromatic carbocycles. The lowest BCUT2D eigenvalue weighted by Gasteiger charge is -2.43. The number of pyridine rings is 1. The van der Waals surface area contributed by atoms with Crippen LogP contribution in [0.25, 0.3) is 34.4 Å². The SMILES string of the molecule is O=C1CCC(N2Cc3cc(C4CN(CC5CCN(CC#Cc6ccc(/C=C/c7ccc(C(=O)N8CCc9cnc(-c%10cnc%11ccccc%11c%10)nc9C8)cc7)cc6)CC5)C4)ccc3C2=O)C(=O)N1. The quantitative estimate of drug-likeness (QED) is 0.0928. The summed E-state index contributed by atoms with van der Waals surface area (Å²) in [6.07, 6.45) is 11.6. The number of rotatable bonds is 9. The summed E-state index contributed by atoms with van der Waals surface area (Å²) in [6.45, 7) is 7.55. The molecule has 11 rings (SSSR count). The molecular weight excluding hydrogens is 849 g/mol. The molecule has 1 unspecified atom stereocenters. The van der Waals surface area contributed by atoms with Gasteiger partial charge in [-0.25, -0.2) is 9.97 Å². The molecule has 68 heavy (non-hydrogen) atoms. The summed E-state index contributed by atoms with van der Waals surface area (Å²) in [5.74, 6) is 7.76. The van der Waals surface area contributed by atoms with E-state index < -0.39 is 6.04 Å². The number of aromatic nitrogens is 3. The van der Waals surface area contributed by atoms with E-state index in [9.17, 15) is 19.2 Å². The lowest BCUT2D eigenvalue weighted by molar-refractivity contribution is -0.136. The number of hydrogen-bond donors (Lipinski definition) is 1. The average molecular weight is 901 g/mol. The Balaban J connectivity index is 0.605. The van der Waals surface area contributed by atoms with Crippen LogP contribution in [0.4, 0.5) is 0 Å². The minimum absolute atomic E-state index is 0.00383. The van der Waals surface area contributed by atoms with Gasteiger partial charge in [-0.3, -0.25) is 34.4 Å². The van der Waals surface area contributed by atoms with Gasteiger partial charge in [0.05, 0.1) is 24.3 Å². The van der Waals surface area contributed by atoms with E-state index in [1.165, 1.54) is 18.4 Å². The summed E-state index contributed by atoms with van der Waals surface area (Å²) < 4.78 is 0. The highest BCUT2D eigenvalue weighted by Gasteiger charge is 2.40. The van der Waals surface area contributed by atoms with Crippen LogP contribution in [-0.4, -0.2) is 110 Å². The fraction of sp³-hybridized carbons (Fsp3) is 0.304. The zero-order valence-electron chi connectivity index (χ0n) is 37.9. The minimum atomic E-state index is -0.583. The number of carbonyl (C=O) groups excluding carboxylic acids is 4. The Kier molecular flexibility index (Phi) is 11.9. The number of para-hydroxylation sites is 1. The van der Waals surface area contributed by atoms with E-state index in [-0.39, 0.29) is 30.0 Å². The number of nitrogens with one attached hydrogen (secondary N) is 1.